The molecule has 0 fully saturated rings. The lowest BCUT2D eigenvalue weighted by Crippen LogP contribution is -2.10. The fourth-order valence-electron chi connectivity index (χ4n) is 2.44. The van der Waals surface area contributed by atoms with Gasteiger partial charge in [-0.2, -0.15) is 5.26 Å². The van der Waals surface area contributed by atoms with Crippen LogP contribution >= 0.6 is 0 Å². The molecule has 0 spiro atoms. The number of hydrogen-bond donors (Lipinski definition) is 1. The topological polar surface area (TPSA) is 75.3 Å². The van der Waals surface area contributed by atoms with Gasteiger partial charge in [0.25, 0.3) is 5.91 Å². The van der Waals surface area contributed by atoms with Gasteiger partial charge in [0.15, 0.2) is 5.76 Å². The molecular weight excluding hydrogens is 328 g/mol. The number of nitrogens with one attached hydrogen (secondary N) is 1. The van der Waals surface area contributed by atoms with E-state index in [2.05, 4.69) is 11.4 Å². The van der Waals surface area contributed by atoms with Gasteiger partial charge in [0.05, 0.1) is 11.6 Å². The fraction of sp³-hybridized carbons (Fsp3) is 0.143. The van der Waals surface area contributed by atoms with E-state index in [-0.39, 0.29) is 11.7 Å². The first-order valence-corrected chi connectivity index (χ1v) is 8.30. The maximum atomic E-state index is 12.2. The maximum Gasteiger partial charge on any atom is 0.291 e. The van der Waals surface area contributed by atoms with E-state index in [1.807, 2.05) is 25.1 Å². The number of amides is 1. The zero-order valence-electron chi connectivity index (χ0n) is 14.4. The fourth-order valence-corrected chi connectivity index (χ4v) is 2.44. The van der Waals surface area contributed by atoms with Crippen LogP contribution in [0.1, 0.15) is 34.4 Å². The molecule has 0 bridgehead atoms. The highest BCUT2D eigenvalue weighted by Gasteiger charge is 2.11. The summed E-state index contributed by atoms with van der Waals surface area (Å²) in [5, 5.41) is 11.7. The molecule has 5 heteroatoms. The van der Waals surface area contributed by atoms with E-state index >= 15 is 0 Å². The number of carbonyl (C=O) groups excluding carboxylic acids is 1. The number of ether oxygens (including phenoxy) is 1. The molecule has 1 N–H and O–H groups in total. The van der Waals surface area contributed by atoms with Crippen LogP contribution in [-0.4, -0.2) is 5.91 Å². The van der Waals surface area contributed by atoms with E-state index in [1.54, 1.807) is 42.5 Å². The molecule has 0 radical (unpaired) electrons. The smallest absolute Gasteiger partial charge is 0.291 e. The number of nitriles is 1. The molecule has 26 heavy (non-hydrogen) atoms. The summed E-state index contributed by atoms with van der Waals surface area (Å²) in [6.07, 6.45) is 0.740. The molecule has 0 aliphatic rings. The molecule has 1 heterocycles. The summed E-state index contributed by atoms with van der Waals surface area (Å²) in [5.41, 5.74) is 2.12. The largest absolute Gasteiger partial charge is 0.489 e. The number of anilines is 1. The van der Waals surface area contributed by atoms with Crippen LogP contribution in [0.3, 0.4) is 0 Å². The Morgan fingerprint density at radius 3 is 2.77 bits per heavy atom. The van der Waals surface area contributed by atoms with Crippen LogP contribution < -0.4 is 10.1 Å². The maximum absolute atomic E-state index is 12.2. The zero-order chi connectivity index (χ0) is 18.4. The van der Waals surface area contributed by atoms with E-state index in [1.165, 1.54) is 0 Å². The summed E-state index contributed by atoms with van der Waals surface area (Å²) in [6.45, 7) is 2.30. The number of hydrogen-bond acceptors (Lipinski definition) is 4. The van der Waals surface area contributed by atoms with Crippen LogP contribution in [-0.2, 0) is 13.0 Å². The van der Waals surface area contributed by atoms with Crippen molar-refractivity contribution in [1.82, 2.24) is 0 Å². The normalized spacial score (nSPS) is 10.2. The van der Waals surface area contributed by atoms with Crippen molar-refractivity contribution in [3.05, 3.63) is 83.3 Å². The molecule has 3 rings (SSSR count). The van der Waals surface area contributed by atoms with Gasteiger partial charge in [-0.05, 0) is 42.0 Å². The van der Waals surface area contributed by atoms with Gasteiger partial charge in [0.2, 0.25) is 0 Å². The first kappa shape index (κ1) is 17.3. The van der Waals surface area contributed by atoms with Gasteiger partial charge in [-0.25, -0.2) is 0 Å². The van der Waals surface area contributed by atoms with E-state index < -0.39 is 0 Å². The number of nitrogens with zero attached hydrogens (tertiary/aromatic N) is 1. The van der Waals surface area contributed by atoms with Crippen LogP contribution in [0.15, 0.2) is 65.1 Å². The predicted octanol–water partition coefficient (Wildman–Crippen LogP) is 4.54. The second-order valence-electron chi connectivity index (χ2n) is 5.70. The molecular formula is C21H18N2O3. The van der Waals surface area contributed by atoms with Crippen molar-refractivity contribution in [1.29, 1.82) is 5.26 Å². The molecule has 5 nitrogen and oxygen atoms in total. The molecule has 0 atom stereocenters. The highest BCUT2D eigenvalue weighted by atomic mass is 16.5. The van der Waals surface area contributed by atoms with E-state index in [4.69, 9.17) is 14.4 Å². The quantitative estimate of drug-likeness (QED) is 0.711. The van der Waals surface area contributed by atoms with Crippen molar-refractivity contribution in [3.63, 3.8) is 0 Å². The van der Waals surface area contributed by atoms with Gasteiger partial charge in [-0.3, -0.25) is 4.79 Å². The van der Waals surface area contributed by atoms with Crippen LogP contribution in [0.5, 0.6) is 5.75 Å². The van der Waals surface area contributed by atoms with Gasteiger partial charge in [-0.15, -0.1) is 0 Å². The Morgan fingerprint density at radius 1 is 1.15 bits per heavy atom. The number of carbonyl (C=O) groups is 1. The van der Waals surface area contributed by atoms with E-state index in [0.29, 0.717) is 23.6 Å². The summed E-state index contributed by atoms with van der Waals surface area (Å²) in [4.78, 5) is 12.2. The van der Waals surface area contributed by atoms with Gasteiger partial charge in [-0.1, -0.05) is 25.1 Å². The molecule has 0 aliphatic carbocycles. The lowest BCUT2D eigenvalue weighted by Gasteiger charge is -2.09. The summed E-state index contributed by atoms with van der Waals surface area (Å²) in [5.74, 6) is 1.37. The second-order valence-corrected chi connectivity index (χ2v) is 5.70. The highest BCUT2D eigenvalue weighted by Crippen LogP contribution is 2.20. The third-order valence-electron chi connectivity index (χ3n) is 3.79. The third kappa shape index (κ3) is 4.31. The van der Waals surface area contributed by atoms with Crippen molar-refractivity contribution in [3.8, 4) is 11.8 Å². The minimum atomic E-state index is -0.302. The Morgan fingerprint density at radius 2 is 2.00 bits per heavy atom. The lowest BCUT2D eigenvalue weighted by molar-refractivity contribution is 0.0995. The Labute approximate surface area is 151 Å². The SMILES string of the molecule is CCc1ccc(C(=O)Nc2cccc(OCc3cccc(C#N)c3)c2)o1. The molecule has 1 amide bonds. The summed E-state index contributed by atoms with van der Waals surface area (Å²) in [7, 11) is 0. The van der Waals surface area contributed by atoms with Gasteiger partial charge in [0, 0.05) is 18.2 Å². The Bertz CT molecular complexity index is 954. The first-order valence-electron chi connectivity index (χ1n) is 8.30. The minimum Gasteiger partial charge on any atom is -0.489 e. The molecule has 130 valence electrons. The number of benzene rings is 2. The van der Waals surface area contributed by atoms with E-state index in [9.17, 15) is 4.79 Å². The van der Waals surface area contributed by atoms with Crippen LogP contribution in [0.4, 0.5) is 5.69 Å². The first-order chi connectivity index (χ1) is 12.7. The Hall–Kier alpha value is -3.52. The van der Waals surface area contributed by atoms with Crippen molar-refractivity contribution in [2.24, 2.45) is 0 Å². The van der Waals surface area contributed by atoms with Crippen LogP contribution in [0.25, 0.3) is 0 Å². The predicted molar refractivity (Wildman–Crippen MR) is 98.0 cm³/mol. The van der Waals surface area contributed by atoms with Crippen molar-refractivity contribution in [2.75, 3.05) is 5.32 Å². The molecule has 0 aliphatic heterocycles. The molecule has 0 saturated heterocycles. The highest BCUT2D eigenvalue weighted by molar-refractivity contribution is 6.02. The van der Waals surface area contributed by atoms with Gasteiger partial charge in [0.1, 0.15) is 18.1 Å². The van der Waals surface area contributed by atoms with Crippen LogP contribution in [0, 0.1) is 11.3 Å². The zero-order valence-corrected chi connectivity index (χ0v) is 14.4. The van der Waals surface area contributed by atoms with Crippen LogP contribution in [0.2, 0.25) is 0 Å². The minimum absolute atomic E-state index is 0.279. The van der Waals surface area contributed by atoms with Gasteiger partial charge < -0.3 is 14.5 Å². The van der Waals surface area contributed by atoms with Gasteiger partial charge >= 0.3 is 0 Å². The molecule has 0 saturated carbocycles. The molecule has 3 aromatic rings. The van der Waals surface area contributed by atoms with Crippen molar-refractivity contribution in [2.45, 2.75) is 20.0 Å². The van der Waals surface area contributed by atoms with E-state index in [0.717, 1.165) is 17.7 Å². The summed E-state index contributed by atoms with van der Waals surface area (Å²) in [6, 6.07) is 20.0. The monoisotopic (exact) mass is 346 g/mol. The number of aryl methyl sites for hydroxylation is 1. The average Bonchev–Trinajstić information content (AvgIpc) is 3.16. The number of rotatable bonds is 6. The van der Waals surface area contributed by atoms with Crippen molar-refractivity contribution < 1.29 is 13.9 Å². The molecule has 1 aromatic heterocycles. The summed E-state index contributed by atoms with van der Waals surface area (Å²) >= 11 is 0. The second kappa shape index (κ2) is 8.04. The third-order valence-corrected chi connectivity index (χ3v) is 3.79. The Kier molecular flexibility index (Phi) is 5.35. The standard InChI is InChI=1S/C21H18N2O3/c1-2-18-9-10-20(26-18)21(24)23-17-7-4-8-19(12-17)25-14-16-6-3-5-15(11-16)13-22/h3-12H,2,14H2,1H3,(H,23,24). The number of furan rings is 1. The Balaban J connectivity index is 1.64. The lowest BCUT2D eigenvalue weighted by atomic mass is 10.1. The summed E-state index contributed by atoms with van der Waals surface area (Å²) < 4.78 is 11.2. The van der Waals surface area contributed by atoms with Crippen molar-refractivity contribution >= 4 is 11.6 Å². The molecule has 0 unspecified atom stereocenters. The average molecular weight is 346 g/mol. The molecule has 2 aromatic carbocycles.